The number of anilines is 1. The van der Waals surface area contributed by atoms with Crippen LogP contribution in [0.1, 0.15) is 19.4 Å². The highest BCUT2D eigenvalue weighted by atomic mass is 32.2. The van der Waals surface area contributed by atoms with Gasteiger partial charge < -0.3 is 10.0 Å². The molecule has 0 atom stereocenters. The molecule has 2 nitrogen and oxygen atoms in total. The summed E-state index contributed by atoms with van der Waals surface area (Å²) < 4.78 is 13.8. The molecule has 0 radical (unpaired) electrons. The molecule has 17 heavy (non-hydrogen) atoms. The number of aliphatic hydroxyl groups is 1. The quantitative estimate of drug-likeness (QED) is 0.879. The Morgan fingerprint density at radius 3 is 2.88 bits per heavy atom. The first kappa shape index (κ1) is 12.7. The van der Waals surface area contributed by atoms with Crippen molar-refractivity contribution in [2.45, 2.75) is 25.2 Å². The van der Waals surface area contributed by atoms with Gasteiger partial charge in [-0.2, -0.15) is 11.8 Å². The summed E-state index contributed by atoms with van der Waals surface area (Å²) in [6.45, 7) is 5.94. The van der Waals surface area contributed by atoms with E-state index in [0.29, 0.717) is 5.56 Å². The lowest BCUT2D eigenvalue weighted by Gasteiger charge is -2.39. The Morgan fingerprint density at radius 1 is 1.47 bits per heavy atom. The molecule has 1 N–H and O–H groups in total. The number of halogens is 1. The van der Waals surface area contributed by atoms with E-state index in [4.69, 9.17) is 0 Å². The lowest BCUT2D eigenvalue weighted by molar-refractivity contribution is 0.276. The number of rotatable bonds is 2. The van der Waals surface area contributed by atoms with Crippen LogP contribution in [0.15, 0.2) is 18.2 Å². The third-order valence-corrected chi connectivity index (χ3v) is 4.32. The van der Waals surface area contributed by atoms with Gasteiger partial charge in [0.15, 0.2) is 0 Å². The Hall–Kier alpha value is -0.740. The molecule has 1 aromatic rings. The molecule has 1 saturated heterocycles. The highest BCUT2D eigenvalue weighted by molar-refractivity contribution is 8.00. The molecule has 1 aliphatic rings. The second-order valence-corrected chi connectivity index (χ2v) is 6.73. The fourth-order valence-electron chi connectivity index (χ4n) is 2.22. The smallest absolute Gasteiger partial charge is 0.130 e. The molecule has 1 aliphatic heterocycles. The summed E-state index contributed by atoms with van der Waals surface area (Å²) in [4.78, 5) is 2.17. The minimum atomic E-state index is -0.318. The summed E-state index contributed by atoms with van der Waals surface area (Å²) in [5, 5.41) is 9.29. The van der Waals surface area contributed by atoms with E-state index in [2.05, 4.69) is 18.7 Å². The Kier molecular flexibility index (Phi) is 3.64. The van der Waals surface area contributed by atoms with E-state index in [1.54, 1.807) is 6.07 Å². The minimum absolute atomic E-state index is 0.178. The molecular formula is C13H18FNOS. The van der Waals surface area contributed by atoms with Gasteiger partial charge in [-0.15, -0.1) is 0 Å². The molecule has 1 aromatic carbocycles. The predicted octanol–water partition coefficient (Wildman–Crippen LogP) is 2.65. The van der Waals surface area contributed by atoms with Crippen molar-refractivity contribution >= 4 is 17.4 Å². The number of thioether (sulfide) groups is 1. The predicted molar refractivity (Wildman–Crippen MR) is 71.1 cm³/mol. The second-order valence-electron chi connectivity index (χ2n) is 4.93. The number of nitrogens with zero attached hydrogens (tertiary/aromatic N) is 1. The highest BCUT2D eigenvalue weighted by Crippen LogP contribution is 2.34. The number of hydrogen-bond acceptors (Lipinski definition) is 3. The van der Waals surface area contributed by atoms with Crippen molar-refractivity contribution in [1.29, 1.82) is 0 Å². The van der Waals surface area contributed by atoms with Crippen molar-refractivity contribution in [3.8, 4) is 0 Å². The van der Waals surface area contributed by atoms with Crippen molar-refractivity contribution in [2.24, 2.45) is 0 Å². The zero-order chi connectivity index (χ0) is 12.5. The first-order valence-electron chi connectivity index (χ1n) is 5.81. The molecule has 94 valence electrons. The SMILES string of the molecule is CC1(C)CN(c2cccc(F)c2CO)CCS1. The molecule has 4 heteroatoms. The van der Waals surface area contributed by atoms with Crippen molar-refractivity contribution in [3.63, 3.8) is 0 Å². The normalized spacial score (nSPS) is 19.4. The summed E-state index contributed by atoms with van der Waals surface area (Å²) in [7, 11) is 0. The van der Waals surface area contributed by atoms with Crippen molar-refractivity contribution < 1.29 is 9.50 Å². The van der Waals surface area contributed by atoms with E-state index in [1.807, 2.05) is 17.8 Å². The van der Waals surface area contributed by atoms with Crippen molar-refractivity contribution in [1.82, 2.24) is 0 Å². The summed E-state index contributed by atoms with van der Waals surface area (Å²) >= 11 is 1.94. The van der Waals surface area contributed by atoms with Crippen LogP contribution in [-0.4, -0.2) is 28.7 Å². The van der Waals surface area contributed by atoms with Gasteiger partial charge in [0, 0.05) is 34.8 Å². The van der Waals surface area contributed by atoms with Gasteiger partial charge in [0.05, 0.1) is 6.61 Å². The summed E-state index contributed by atoms with van der Waals surface area (Å²) in [5.41, 5.74) is 1.25. The van der Waals surface area contributed by atoms with Gasteiger partial charge in [-0.1, -0.05) is 6.07 Å². The summed E-state index contributed by atoms with van der Waals surface area (Å²) in [6, 6.07) is 5.00. The molecule has 0 saturated carbocycles. The molecule has 1 fully saturated rings. The number of benzene rings is 1. The van der Waals surface area contributed by atoms with E-state index in [0.717, 1.165) is 24.5 Å². The minimum Gasteiger partial charge on any atom is -0.391 e. The maximum atomic E-state index is 13.6. The standard InChI is InChI=1S/C13H18FNOS/c1-13(2)9-15(6-7-17-13)12-5-3-4-11(14)10(12)8-16/h3-5,16H,6-9H2,1-2H3. The van der Waals surface area contributed by atoms with Crippen LogP contribution in [0.3, 0.4) is 0 Å². The van der Waals surface area contributed by atoms with Crippen LogP contribution in [0.2, 0.25) is 0 Å². The fourth-order valence-corrected chi connectivity index (χ4v) is 3.33. The topological polar surface area (TPSA) is 23.5 Å². The zero-order valence-electron chi connectivity index (χ0n) is 10.2. The molecule has 0 unspecified atom stereocenters. The van der Waals surface area contributed by atoms with Gasteiger partial charge >= 0.3 is 0 Å². The van der Waals surface area contributed by atoms with Gasteiger partial charge in [-0.05, 0) is 26.0 Å². The Balaban J connectivity index is 2.30. The molecule has 0 aromatic heterocycles. The van der Waals surface area contributed by atoms with Crippen LogP contribution in [-0.2, 0) is 6.61 Å². The monoisotopic (exact) mass is 255 g/mol. The second kappa shape index (κ2) is 4.86. The maximum absolute atomic E-state index is 13.6. The van der Waals surface area contributed by atoms with Crippen LogP contribution in [0.25, 0.3) is 0 Å². The van der Waals surface area contributed by atoms with E-state index >= 15 is 0 Å². The van der Waals surface area contributed by atoms with Crippen molar-refractivity contribution in [2.75, 3.05) is 23.7 Å². The molecule has 2 rings (SSSR count). The summed E-state index contributed by atoms with van der Waals surface area (Å²) in [5.74, 6) is 0.718. The summed E-state index contributed by atoms with van der Waals surface area (Å²) in [6.07, 6.45) is 0. The van der Waals surface area contributed by atoms with Gasteiger partial charge in [0.2, 0.25) is 0 Å². The Bertz CT molecular complexity index is 408. The average Bonchev–Trinajstić information content (AvgIpc) is 2.27. The zero-order valence-corrected chi connectivity index (χ0v) is 11.1. The Morgan fingerprint density at radius 2 is 2.24 bits per heavy atom. The lowest BCUT2D eigenvalue weighted by Crippen LogP contribution is -2.43. The number of hydrogen-bond donors (Lipinski definition) is 1. The molecular weight excluding hydrogens is 237 g/mol. The highest BCUT2D eigenvalue weighted by Gasteiger charge is 2.28. The molecule has 0 amide bonds. The first-order valence-corrected chi connectivity index (χ1v) is 6.79. The first-order chi connectivity index (χ1) is 8.03. The molecule has 1 heterocycles. The third kappa shape index (κ3) is 2.75. The molecule has 0 spiro atoms. The maximum Gasteiger partial charge on any atom is 0.130 e. The van der Waals surface area contributed by atoms with Crippen LogP contribution in [0, 0.1) is 5.82 Å². The van der Waals surface area contributed by atoms with E-state index in [9.17, 15) is 9.50 Å². The van der Waals surface area contributed by atoms with Crippen molar-refractivity contribution in [3.05, 3.63) is 29.6 Å². The van der Waals surface area contributed by atoms with E-state index < -0.39 is 0 Å². The fraction of sp³-hybridized carbons (Fsp3) is 0.538. The molecule has 0 bridgehead atoms. The average molecular weight is 255 g/mol. The number of aliphatic hydroxyl groups excluding tert-OH is 1. The largest absolute Gasteiger partial charge is 0.391 e. The van der Waals surface area contributed by atoms with E-state index in [1.165, 1.54) is 6.07 Å². The molecule has 0 aliphatic carbocycles. The van der Waals surface area contributed by atoms with Gasteiger partial charge in [-0.3, -0.25) is 0 Å². The van der Waals surface area contributed by atoms with Crippen LogP contribution >= 0.6 is 11.8 Å². The Labute approximate surface area is 106 Å². The lowest BCUT2D eigenvalue weighted by atomic mass is 10.1. The van der Waals surface area contributed by atoms with Gasteiger partial charge in [0.1, 0.15) is 5.82 Å². The third-order valence-electron chi connectivity index (χ3n) is 3.02. The van der Waals surface area contributed by atoms with Gasteiger partial charge in [0.25, 0.3) is 0 Å². The van der Waals surface area contributed by atoms with Crippen LogP contribution in [0.4, 0.5) is 10.1 Å². The van der Waals surface area contributed by atoms with Crippen LogP contribution < -0.4 is 4.90 Å². The van der Waals surface area contributed by atoms with Gasteiger partial charge in [-0.25, -0.2) is 4.39 Å². The van der Waals surface area contributed by atoms with Crippen LogP contribution in [0.5, 0.6) is 0 Å². The van der Waals surface area contributed by atoms with E-state index in [-0.39, 0.29) is 17.2 Å².